The fourth-order valence-electron chi connectivity index (χ4n) is 2.53. The van der Waals surface area contributed by atoms with Gasteiger partial charge in [0.2, 0.25) is 5.79 Å². The average molecular weight is 324 g/mol. The number of fused-ring (bicyclic) bond motifs is 1. The van der Waals surface area contributed by atoms with E-state index in [1.54, 1.807) is 0 Å². The summed E-state index contributed by atoms with van der Waals surface area (Å²) >= 11 is 1.88. The van der Waals surface area contributed by atoms with Crippen molar-refractivity contribution in [3.05, 3.63) is 29.3 Å². The third-order valence-electron chi connectivity index (χ3n) is 3.74. The number of ether oxygens (including phenoxy) is 2. The molecule has 0 saturated heterocycles. The van der Waals surface area contributed by atoms with Crippen LogP contribution in [0.1, 0.15) is 51.0 Å². The van der Waals surface area contributed by atoms with Gasteiger partial charge in [-0.3, -0.25) is 0 Å². The topological polar surface area (TPSA) is 30.5 Å². The maximum atomic E-state index is 5.98. The van der Waals surface area contributed by atoms with Gasteiger partial charge in [-0.1, -0.05) is 12.1 Å². The molecule has 0 spiro atoms. The first-order valence-corrected chi connectivity index (χ1v) is 9.22. The maximum Gasteiger partial charge on any atom is 0.204 e. The van der Waals surface area contributed by atoms with Gasteiger partial charge in [-0.15, -0.1) is 0 Å². The second-order valence-corrected chi connectivity index (χ2v) is 8.36. The number of thioether (sulfide) groups is 1. The highest BCUT2D eigenvalue weighted by molar-refractivity contribution is 7.98. The van der Waals surface area contributed by atoms with Crippen molar-refractivity contribution in [2.24, 2.45) is 0 Å². The van der Waals surface area contributed by atoms with Gasteiger partial charge < -0.3 is 14.8 Å². The summed E-state index contributed by atoms with van der Waals surface area (Å²) in [5.74, 6) is 0.411. The van der Waals surface area contributed by atoms with Crippen molar-refractivity contribution in [2.45, 2.75) is 57.6 Å². The molecule has 22 heavy (non-hydrogen) atoms. The van der Waals surface area contributed by atoms with E-state index in [0.717, 1.165) is 18.7 Å². The molecule has 0 fully saturated rings. The van der Waals surface area contributed by atoms with Crippen LogP contribution in [0.25, 0.3) is 0 Å². The molecule has 4 heteroatoms. The molecule has 2 rings (SSSR count). The lowest BCUT2D eigenvalue weighted by molar-refractivity contribution is -0.149. The first-order chi connectivity index (χ1) is 10.2. The molecule has 0 radical (unpaired) electrons. The molecular formula is C18H29NO2S. The van der Waals surface area contributed by atoms with Crippen LogP contribution in [0, 0.1) is 0 Å². The molecule has 124 valence electrons. The van der Waals surface area contributed by atoms with Crippen LogP contribution in [0.3, 0.4) is 0 Å². The van der Waals surface area contributed by atoms with E-state index in [4.69, 9.17) is 9.47 Å². The van der Waals surface area contributed by atoms with Crippen molar-refractivity contribution in [3.63, 3.8) is 0 Å². The predicted octanol–water partition coefficient (Wildman–Crippen LogP) is 4.17. The van der Waals surface area contributed by atoms with Crippen LogP contribution in [0.15, 0.2) is 18.2 Å². The monoisotopic (exact) mass is 323 g/mol. The van der Waals surface area contributed by atoms with Crippen LogP contribution in [0.4, 0.5) is 0 Å². The average Bonchev–Trinajstić information content (AvgIpc) is 2.54. The smallest absolute Gasteiger partial charge is 0.204 e. The number of hydrogen-bond donors (Lipinski definition) is 1. The van der Waals surface area contributed by atoms with Gasteiger partial charge >= 0.3 is 0 Å². The van der Waals surface area contributed by atoms with Crippen molar-refractivity contribution < 1.29 is 9.47 Å². The molecule has 1 aromatic rings. The Balaban J connectivity index is 2.17. The Labute approximate surface area is 139 Å². The van der Waals surface area contributed by atoms with Gasteiger partial charge in [-0.05, 0) is 50.6 Å². The second-order valence-electron chi connectivity index (χ2n) is 7.32. The Morgan fingerprint density at radius 2 is 2.05 bits per heavy atom. The van der Waals surface area contributed by atoms with Gasteiger partial charge in [-0.25, -0.2) is 0 Å². The molecule has 1 heterocycles. The van der Waals surface area contributed by atoms with E-state index in [1.165, 1.54) is 11.1 Å². The third-order valence-corrected chi connectivity index (χ3v) is 4.74. The number of hydrogen-bond acceptors (Lipinski definition) is 4. The molecule has 0 saturated carbocycles. The van der Waals surface area contributed by atoms with E-state index < -0.39 is 5.79 Å². The summed E-state index contributed by atoms with van der Waals surface area (Å²) < 4.78 is 11.7. The van der Waals surface area contributed by atoms with Crippen LogP contribution >= 0.6 is 11.8 Å². The lowest BCUT2D eigenvalue weighted by Crippen LogP contribution is -2.38. The summed E-state index contributed by atoms with van der Waals surface area (Å²) in [6.45, 7) is 12.2. The Hall–Kier alpha value is -0.710. The lowest BCUT2D eigenvalue weighted by atomic mass is 10.0. The predicted molar refractivity (Wildman–Crippen MR) is 94.8 cm³/mol. The van der Waals surface area contributed by atoms with Gasteiger partial charge in [0.15, 0.2) is 0 Å². The van der Waals surface area contributed by atoms with Gasteiger partial charge in [-0.2, -0.15) is 11.8 Å². The Bertz CT molecular complexity index is 508. The standard InChI is InChI=1S/C18H29NO2S/c1-17(2,3)19-12-16(22-6)14-7-8-15-13(11-14)9-10-20-18(4,5)21-15/h7-8,11,16,19H,9-10,12H2,1-6H3. The molecule has 0 amide bonds. The highest BCUT2D eigenvalue weighted by atomic mass is 32.2. The minimum absolute atomic E-state index is 0.140. The van der Waals surface area contributed by atoms with Crippen LogP contribution < -0.4 is 10.1 Å². The minimum atomic E-state index is -0.542. The molecule has 3 nitrogen and oxygen atoms in total. The zero-order valence-corrected chi connectivity index (χ0v) is 15.5. The van der Waals surface area contributed by atoms with E-state index in [0.29, 0.717) is 11.9 Å². The summed E-state index contributed by atoms with van der Waals surface area (Å²) in [5, 5.41) is 4.05. The van der Waals surface area contributed by atoms with Crippen molar-refractivity contribution in [1.82, 2.24) is 5.32 Å². The molecule has 0 aromatic heterocycles. The molecule has 1 N–H and O–H groups in total. The minimum Gasteiger partial charge on any atom is -0.463 e. The van der Waals surface area contributed by atoms with Crippen molar-refractivity contribution in [3.8, 4) is 5.75 Å². The second kappa shape index (κ2) is 6.81. The molecule has 1 atom stereocenters. The van der Waals surface area contributed by atoms with E-state index in [1.807, 2.05) is 25.6 Å². The summed E-state index contributed by atoms with van der Waals surface area (Å²) in [4.78, 5) is 0. The van der Waals surface area contributed by atoms with Gasteiger partial charge in [0.1, 0.15) is 5.75 Å². The highest BCUT2D eigenvalue weighted by Gasteiger charge is 2.26. The fourth-order valence-corrected chi connectivity index (χ4v) is 3.20. The lowest BCUT2D eigenvalue weighted by Gasteiger charge is -2.26. The van der Waals surface area contributed by atoms with E-state index >= 15 is 0 Å². The first kappa shape index (κ1) is 17.6. The van der Waals surface area contributed by atoms with Crippen LogP contribution in [-0.2, 0) is 11.2 Å². The third kappa shape index (κ3) is 4.90. The highest BCUT2D eigenvalue weighted by Crippen LogP contribution is 2.33. The van der Waals surface area contributed by atoms with Gasteiger partial charge in [0.25, 0.3) is 0 Å². The van der Waals surface area contributed by atoms with Crippen molar-refractivity contribution in [2.75, 3.05) is 19.4 Å². The summed E-state index contributed by atoms with van der Waals surface area (Å²) in [6.07, 6.45) is 3.07. The largest absolute Gasteiger partial charge is 0.463 e. The quantitative estimate of drug-likeness (QED) is 0.901. The maximum absolute atomic E-state index is 5.98. The number of benzene rings is 1. The SMILES string of the molecule is CSC(CNC(C)(C)C)c1ccc2c(c1)CCOC(C)(C)O2. The zero-order valence-electron chi connectivity index (χ0n) is 14.7. The molecule has 1 aliphatic rings. The molecule has 0 bridgehead atoms. The number of nitrogens with one attached hydrogen (secondary N) is 1. The molecule has 1 aromatic carbocycles. The van der Waals surface area contributed by atoms with Gasteiger partial charge in [0.05, 0.1) is 6.61 Å². The molecular weight excluding hydrogens is 294 g/mol. The molecule has 1 aliphatic heterocycles. The molecule has 0 aliphatic carbocycles. The van der Waals surface area contributed by atoms with Crippen LogP contribution in [-0.4, -0.2) is 30.7 Å². The summed E-state index contributed by atoms with van der Waals surface area (Å²) in [7, 11) is 0. The van der Waals surface area contributed by atoms with E-state index in [2.05, 4.69) is 50.5 Å². The molecule has 1 unspecified atom stereocenters. The number of rotatable bonds is 4. The van der Waals surface area contributed by atoms with Gasteiger partial charge in [0, 0.05) is 31.2 Å². The first-order valence-electron chi connectivity index (χ1n) is 7.94. The normalized spacial score (nSPS) is 19.0. The van der Waals surface area contributed by atoms with Crippen LogP contribution in [0.5, 0.6) is 5.75 Å². The fraction of sp³-hybridized carbons (Fsp3) is 0.667. The van der Waals surface area contributed by atoms with Crippen molar-refractivity contribution >= 4 is 11.8 Å². The van der Waals surface area contributed by atoms with Crippen molar-refractivity contribution in [1.29, 1.82) is 0 Å². The van der Waals surface area contributed by atoms with Crippen LogP contribution in [0.2, 0.25) is 0 Å². The Morgan fingerprint density at radius 1 is 1.32 bits per heavy atom. The van der Waals surface area contributed by atoms with E-state index in [-0.39, 0.29) is 5.54 Å². The zero-order chi connectivity index (χ0) is 16.4. The summed E-state index contributed by atoms with van der Waals surface area (Å²) in [6, 6.07) is 6.57. The Kier molecular flexibility index (Phi) is 5.46. The Morgan fingerprint density at radius 3 is 2.68 bits per heavy atom. The van der Waals surface area contributed by atoms with E-state index in [9.17, 15) is 0 Å². The summed E-state index contributed by atoms with van der Waals surface area (Å²) in [5.41, 5.74) is 2.74.